The van der Waals surface area contributed by atoms with E-state index in [1.807, 2.05) is 0 Å². The summed E-state index contributed by atoms with van der Waals surface area (Å²) in [6.45, 7) is 4.64. The quantitative estimate of drug-likeness (QED) is 0.784. The number of benzene rings is 1. The molecule has 1 heterocycles. The minimum atomic E-state index is 0.358. The minimum absolute atomic E-state index is 0.358. The number of ether oxygens (including phenoxy) is 2. The first-order valence-corrected chi connectivity index (χ1v) is 6.83. The normalized spacial score (nSPS) is 16.3. The fourth-order valence-electron chi connectivity index (χ4n) is 1.89. The third kappa shape index (κ3) is 4.08. The number of nitrogens with zero attached hydrogens (tertiary/aromatic N) is 1. The standard InChI is InChI=1S/C13H15Cl2NO3/c14-11-7-10(9-17)8-12(15)13(11)19-6-3-16-1-4-18-5-2-16/h7-9H,1-6H2. The predicted molar refractivity (Wildman–Crippen MR) is 74.6 cm³/mol. The van der Waals surface area contributed by atoms with E-state index in [1.165, 1.54) is 0 Å². The summed E-state index contributed by atoms with van der Waals surface area (Å²) in [4.78, 5) is 12.9. The van der Waals surface area contributed by atoms with Crippen LogP contribution in [0, 0.1) is 0 Å². The zero-order valence-electron chi connectivity index (χ0n) is 10.4. The van der Waals surface area contributed by atoms with E-state index in [1.54, 1.807) is 12.1 Å². The molecule has 0 spiro atoms. The van der Waals surface area contributed by atoms with Gasteiger partial charge < -0.3 is 9.47 Å². The van der Waals surface area contributed by atoms with E-state index in [0.29, 0.717) is 34.3 Å². The fourth-order valence-corrected chi connectivity index (χ4v) is 2.50. The van der Waals surface area contributed by atoms with E-state index in [2.05, 4.69) is 4.90 Å². The van der Waals surface area contributed by atoms with Gasteiger partial charge in [0.15, 0.2) is 5.75 Å². The monoisotopic (exact) mass is 303 g/mol. The molecule has 0 radical (unpaired) electrons. The molecule has 0 N–H and O–H groups in total. The second kappa shape index (κ2) is 7.10. The highest BCUT2D eigenvalue weighted by atomic mass is 35.5. The molecule has 1 aliphatic heterocycles. The van der Waals surface area contributed by atoms with Gasteiger partial charge in [-0.25, -0.2) is 0 Å². The van der Waals surface area contributed by atoms with Crippen LogP contribution in [0.25, 0.3) is 0 Å². The summed E-state index contributed by atoms with van der Waals surface area (Å²) in [7, 11) is 0. The number of rotatable bonds is 5. The second-order valence-electron chi connectivity index (χ2n) is 4.23. The van der Waals surface area contributed by atoms with Gasteiger partial charge in [-0.15, -0.1) is 0 Å². The van der Waals surface area contributed by atoms with E-state index >= 15 is 0 Å². The molecular formula is C13H15Cl2NO3. The van der Waals surface area contributed by atoms with Crippen LogP contribution >= 0.6 is 23.2 Å². The van der Waals surface area contributed by atoms with E-state index < -0.39 is 0 Å². The van der Waals surface area contributed by atoms with Crippen LogP contribution in [0.3, 0.4) is 0 Å². The number of halogens is 2. The molecule has 1 fully saturated rings. The van der Waals surface area contributed by atoms with Gasteiger partial charge in [-0.1, -0.05) is 23.2 Å². The molecule has 1 saturated heterocycles. The lowest BCUT2D eigenvalue weighted by molar-refractivity contribution is 0.0322. The number of carbonyl (C=O) groups excluding carboxylic acids is 1. The molecule has 0 bridgehead atoms. The lowest BCUT2D eigenvalue weighted by atomic mass is 10.2. The van der Waals surface area contributed by atoms with Gasteiger partial charge in [0.25, 0.3) is 0 Å². The van der Waals surface area contributed by atoms with E-state index in [0.717, 1.165) is 32.8 Å². The lowest BCUT2D eigenvalue weighted by Gasteiger charge is -2.26. The maximum Gasteiger partial charge on any atom is 0.156 e. The average molecular weight is 304 g/mol. The molecule has 0 aromatic heterocycles. The summed E-state index contributed by atoms with van der Waals surface area (Å²) in [5.41, 5.74) is 0.440. The summed E-state index contributed by atoms with van der Waals surface area (Å²) in [5.74, 6) is 0.433. The Bertz CT molecular complexity index is 425. The minimum Gasteiger partial charge on any atom is -0.489 e. The van der Waals surface area contributed by atoms with Crippen molar-refractivity contribution in [1.82, 2.24) is 4.90 Å². The van der Waals surface area contributed by atoms with Crippen LogP contribution in [0.2, 0.25) is 10.0 Å². The molecule has 4 nitrogen and oxygen atoms in total. The van der Waals surface area contributed by atoms with Crippen molar-refractivity contribution in [3.63, 3.8) is 0 Å². The molecule has 1 aromatic carbocycles. The van der Waals surface area contributed by atoms with Gasteiger partial charge in [-0.3, -0.25) is 9.69 Å². The topological polar surface area (TPSA) is 38.8 Å². The molecule has 2 rings (SSSR count). The van der Waals surface area contributed by atoms with Crippen molar-refractivity contribution in [2.24, 2.45) is 0 Å². The Balaban J connectivity index is 1.90. The Morgan fingerprint density at radius 1 is 1.26 bits per heavy atom. The van der Waals surface area contributed by atoms with Crippen LogP contribution in [-0.2, 0) is 4.74 Å². The average Bonchev–Trinajstić information content (AvgIpc) is 2.42. The van der Waals surface area contributed by atoms with Crippen LogP contribution in [0.15, 0.2) is 12.1 Å². The van der Waals surface area contributed by atoms with Gasteiger partial charge in [0, 0.05) is 25.2 Å². The largest absolute Gasteiger partial charge is 0.489 e. The van der Waals surface area contributed by atoms with Crippen molar-refractivity contribution < 1.29 is 14.3 Å². The van der Waals surface area contributed by atoms with Gasteiger partial charge in [0.2, 0.25) is 0 Å². The molecule has 1 aliphatic rings. The molecule has 6 heteroatoms. The number of morpholine rings is 1. The summed E-state index contributed by atoms with van der Waals surface area (Å²) >= 11 is 12.1. The molecule has 0 unspecified atom stereocenters. The first kappa shape index (κ1) is 14.6. The molecular weight excluding hydrogens is 289 g/mol. The zero-order valence-corrected chi connectivity index (χ0v) is 11.9. The first-order valence-electron chi connectivity index (χ1n) is 6.08. The Morgan fingerprint density at radius 2 is 1.89 bits per heavy atom. The van der Waals surface area contributed by atoms with Crippen molar-refractivity contribution in [1.29, 1.82) is 0 Å². The highest BCUT2D eigenvalue weighted by molar-refractivity contribution is 6.37. The zero-order chi connectivity index (χ0) is 13.7. The van der Waals surface area contributed by atoms with Crippen LogP contribution in [0.4, 0.5) is 0 Å². The van der Waals surface area contributed by atoms with Gasteiger partial charge in [0.05, 0.1) is 23.3 Å². The SMILES string of the molecule is O=Cc1cc(Cl)c(OCCN2CCOCC2)c(Cl)c1. The number of aldehydes is 1. The molecule has 0 amide bonds. The molecule has 19 heavy (non-hydrogen) atoms. The Kier molecular flexibility index (Phi) is 5.45. The molecule has 0 aliphatic carbocycles. The molecule has 0 atom stereocenters. The molecule has 104 valence electrons. The van der Waals surface area contributed by atoms with Crippen LogP contribution in [0.1, 0.15) is 10.4 Å². The molecule has 0 saturated carbocycles. The smallest absolute Gasteiger partial charge is 0.156 e. The first-order chi connectivity index (χ1) is 9.20. The highest BCUT2D eigenvalue weighted by Gasteiger charge is 2.12. The van der Waals surface area contributed by atoms with Crippen molar-refractivity contribution >= 4 is 29.5 Å². The van der Waals surface area contributed by atoms with Gasteiger partial charge in [-0.05, 0) is 12.1 Å². The van der Waals surface area contributed by atoms with E-state index in [-0.39, 0.29) is 0 Å². The predicted octanol–water partition coefficient (Wildman–Crippen LogP) is 2.52. The Labute approximate surface area is 122 Å². The van der Waals surface area contributed by atoms with E-state index in [9.17, 15) is 4.79 Å². The third-order valence-electron chi connectivity index (χ3n) is 2.91. The van der Waals surface area contributed by atoms with Crippen molar-refractivity contribution in [2.75, 3.05) is 39.5 Å². The van der Waals surface area contributed by atoms with Gasteiger partial charge in [-0.2, -0.15) is 0 Å². The number of carbonyl (C=O) groups is 1. The summed E-state index contributed by atoms with van der Waals surface area (Å²) < 4.78 is 10.9. The van der Waals surface area contributed by atoms with Crippen LogP contribution in [0.5, 0.6) is 5.75 Å². The Hall–Kier alpha value is -0.810. The third-order valence-corrected chi connectivity index (χ3v) is 3.48. The van der Waals surface area contributed by atoms with Crippen molar-refractivity contribution in [3.05, 3.63) is 27.7 Å². The number of hydrogen-bond donors (Lipinski definition) is 0. The summed E-state index contributed by atoms with van der Waals surface area (Å²) in [5, 5.41) is 0.716. The Morgan fingerprint density at radius 3 is 2.47 bits per heavy atom. The summed E-state index contributed by atoms with van der Waals surface area (Å²) in [6.07, 6.45) is 0.704. The van der Waals surface area contributed by atoms with Crippen molar-refractivity contribution in [2.45, 2.75) is 0 Å². The summed E-state index contributed by atoms with van der Waals surface area (Å²) in [6, 6.07) is 3.09. The molecule has 1 aromatic rings. The fraction of sp³-hybridized carbons (Fsp3) is 0.462. The van der Waals surface area contributed by atoms with Crippen molar-refractivity contribution in [3.8, 4) is 5.75 Å². The number of hydrogen-bond acceptors (Lipinski definition) is 4. The second-order valence-corrected chi connectivity index (χ2v) is 5.05. The van der Waals surface area contributed by atoms with E-state index in [4.69, 9.17) is 32.7 Å². The highest BCUT2D eigenvalue weighted by Crippen LogP contribution is 2.33. The van der Waals surface area contributed by atoms with Crippen LogP contribution < -0.4 is 4.74 Å². The maximum absolute atomic E-state index is 10.7. The lowest BCUT2D eigenvalue weighted by Crippen LogP contribution is -2.38. The van der Waals surface area contributed by atoms with Gasteiger partial charge in [0.1, 0.15) is 12.9 Å². The van der Waals surface area contributed by atoms with Crippen LogP contribution in [-0.4, -0.2) is 50.6 Å². The maximum atomic E-state index is 10.7. The van der Waals surface area contributed by atoms with Gasteiger partial charge >= 0.3 is 0 Å².